The molecule has 23 heavy (non-hydrogen) atoms. The van der Waals surface area contributed by atoms with Gasteiger partial charge in [-0.15, -0.1) is 0 Å². The van der Waals surface area contributed by atoms with Crippen LogP contribution < -0.4 is 10.1 Å². The third kappa shape index (κ3) is 2.50. The number of ether oxygens (including phenoxy) is 1. The molecule has 0 saturated heterocycles. The first-order valence-electron chi connectivity index (χ1n) is 8.29. The lowest BCUT2D eigenvalue weighted by molar-refractivity contribution is 0.0944. The van der Waals surface area contributed by atoms with Gasteiger partial charge in [-0.1, -0.05) is 6.07 Å². The van der Waals surface area contributed by atoms with Gasteiger partial charge in [0.1, 0.15) is 5.75 Å². The van der Waals surface area contributed by atoms with E-state index in [4.69, 9.17) is 4.74 Å². The Hall–Kier alpha value is -2.30. The molecular weight excluding hydrogens is 290 g/mol. The average molecular weight is 311 g/mol. The van der Waals surface area contributed by atoms with E-state index in [0.29, 0.717) is 12.2 Å². The van der Waals surface area contributed by atoms with Gasteiger partial charge in [-0.2, -0.15) is 5.10 Å². The number of carbonyl (C=O) groups excluding carboxylic acids is 1. The van der Waals surface area contributed by atoms with Gasteiger partial charge in [-0.3, -0.25) is 9.89 Å². The van der Waals surface area contributed by atoms with Gasteiger partial charge >= 0.3 is 0 Å². The van der Waals surface area contributed by atoms with Crippen LogP contribution in [0.3, 0.4) is 0 Å². The molecule has 4 rings (SSSR count). The molecule has 2 aliphatic rings. The molecule has 0 radical (unpaired) electrons. The number of carbonyl (C=O) groups is 1. The van der Waals surface area contributed by atoms with Crippen molar-refractivity contribution in [3.8, 4) is 5.75 Å². The Morgan fingerprint density at radius 2 is 2.00 bits per heavy atom. The van der Waals surface area contributed by atoms with E-state index in [1.807, 2.05) is 0 Å². The summed E-state index contributed by atoms with van der Waals surface area (Å²) in [6.07, 6.45) is 6.48. The fraction of sp³-hybridized carbons (Fsp3) is 0.444. The van der Waals surface area contributed by atoms with Crippen molar-refractivity contribution in [3.63, 3.8) is 0 Å². The zero-order valence-electron chi connectivity index (χ0n) is 13.4. The first kappa shape index (κ1) is 14.3. The van der Waals surface area contributed by atoms with E-state index in [1.165, 1.54) is 17.5 Å². The van der Waals surface area contributed by atoms with Gasteiger partial charge in [0.25, 0.3) is 5.91 Å². The lowest BCUT2D eigenvalue weighted by Gasteiger charge is -2.12. The number of aromatic amines is 1. The topological polar surface area (TPSA) is 67.0 Å². The Morgan fingerprint density at radius 1 is 1.22 bits per heavy atom. The Morgan fingerprint density at radius 3 is 2.83 bits per heavy atom. The number of rotatable bonds is 4. The van der Waals surface area contributed by atoms with Crippen LogP contribution in [0.4, 0.5) is 0 Å². The van der Waals surface area contributed by atoms with Gasteiger partial charge in [-0.25, -0.2) is 0 Å². The number of benzene rings is 1. The number of methoxy groups -OCH3 is 1. The second kappa shape index (κ2) is 5.72. The lowest BCUT2D eigenvalue weighted by atomic mass is 10.0. The van der Waals surface area contributed by atoms with Crippen LogP contribution in [0.15, 0.2) is 12.1 Å². The van der Waals surface area contributed by atoms with Crippen LogP contribution in [0.5, 0.6) is 5.75 Å². The van der Waals surface area contributed by atoms with Gasteiger partial charge < -0.3 is 10.1 Å². The minimum atomic E-state index is -0.105. The number of nitrogens with zero attached hydrogens (tertiary/aromatic N) is 1. The Bertz CT molecular complexity index is 764. The van der Waals surface area contributed by atoms with Crippen molar-refractivity contribution in [2.75, 3.05) is 7.11 Å². The van der Waals surface area contributed by atoms with Crippen LogP contribution in [-0.4, -0.2) is 23.2 Å². The van der Waals surface area contributed by atoms with Gasteiger partial charge in [0.05, 0.1) is 7.11 Å². The fourth-order valence-electron chi connectivity index (χ4n) is 3.75. The molecule has 5 heteroatoms. The van der Waals surface area contributed by atoms with Crippen molar-refractivity contribution in [2.24, 2.45) is 0 Å². The number of H-pyrrole nitrogens is 1. The summed E-state index contributed by atoms with van der Waals surface area (Å²) < 4.78 is 5.49. The van der Waals surface area contributed by atoms with E-state index >= 15 is 0 Å². The van der Waals surface area contributed by atoms with Crippen LogP contribution in [-0.2, 0) is 32.2 Å². The minimum Gasteiger partial charge on any atom is -0.496 e. The molecule has 1 heterocycles. The van der Waals surface area contributed by atoms with E-state index in [9.17, 15) is 4.79 Å². The number of aryl methyl sites for hydroxylation is 3. The molecule has 0 aliphatic heterocycles. The molecule has 2 aliphatic carbocycles. The Kier molecular flexibility index (Phi) is 3.56. The van der Waals surface area contributed by atoms with Crippen molar-refractivity contribution < 1.29 is 9.53 Å². The fourth-order valence-corrected chi connectivity index (χ4v) is 3.75. The summed E-state index contributed by atoms with van der Waals surface area (Å²) in [6.45, 7) is 0.469. The molecule has 1 aromatic heterocycles. The van der Waals surface area contributed by atoms with Crippen molar-refractivity contribution in [2.45, 2.75) is 45.1 Å². The summed E-state index contributed by atoms with van der Waals surface area (Å²) in [7, 11) is 1.68. The summed E-state index contributed by atoms with van der Waals surface area (Å²) in [6, 6.07) is 4.30. The first-order valence-corrected chi connectivity index (χ1v) is 8.29. The summed E-state index contributed by atoms with van der Waals surface area (Å²) in [4.78, 5) is 12.4. The molecule has 0 spiro atoms. The predicted molar refractivity (Wildman–Crippen MR) is 86.8 cm³/mol. The number of amides is 1. The SMILES string of the molecule is COc1cc2c(cc1CNC(=O)c1n[nH]c3c1CCC3)CCC2. The second-order valence-corrected chi connectivity index (χ2v) is 6.35. The Labute approximate surface area is 135 Å². The number of aromatic nitrogens is 2. The molecule has 2 aromatic rings. The molecule has 0 fully saturated rings. The molecular formula is C18H21N3O2. The zero-order chi connectivity index (χ0) is 15.8. The lowest BCUT2D eigenvalue weighted by Crippen LogP contribution is -2.24. The number of nitrogens with one attached hydrogen (secondary N) is 2. The number of fused-ring (bicyclic) bond motifs is 2. The predicted octanol–water partition coefficient (Wildman–Crippen LogP) is 2.33. The molecule has 5 nitrogen and oxygen atoms in total. The highest BCUT2D eigenvalue weighted by Crippen LogP contribution is 2.30. The van der Waals surface area contributed by atoms with Crippen molar-refractivity contribution in [1.82, 2.24) is 15.5 Å². The van der Waals surface area contributed by atoms with Crippen LogP contribution in [0, 0.1) is 0 Å². The highest BCUT2D eigenvalue weighted by Gasteiger charge is 2.23. The van der Waals surface area contributed by atoms with Crippen molar-refractivity contribution >= 4 is 5.91 Å². The Balaban J connectivity index is 1.51. The standard InChI is InChI=1S/C18H21N3O2/c1-23-16-9-12-5-2-4-11(12)8-13(16)10-19-18(22)17-14-6-3-7-15(14)20-21-17/h8-9H,2-7,10H2,1H3,(H,19,22)(H,20,21). The normalized spacial score (nSPS) is 15.3. The van der Waals surface area contributed by atoms with E-state index in [1.54, 1.807) is 7.11 Å². The minimum absolute atomic E-state index is 0.105. The molecule has 0 saturated carbocycles. The number of hydrogen-bond donors (Lipinski definition) is 2. The van der Waals surface area contributed by atoms with Crippen LogP contribution in [0.2, 0.25) is 0 Å². The molecule has 1 aromatic carbocycles. The molecule has 0 bridgehead atoms. The molecule has 1 amide bonds. The van der Waals surface area contributed by atoms with Crippen molar-refractivity contribution in [1.29, 1.82) is 0 Å². The van der Waals surface area contributed by atoms with Crippen molar-refractivity contribution in [3.05, 3.63) is 45.8 Å². The van der Waals surface area contributed by atoms with E-state index in [-0.39, 0.29) is 5.91 Å². The van der Waals surface area contributed by atoms with E-state index < -0.39 is 0 Å². The summed E-state index contributed by atoms with van der Waals surface area (Å²) >= 11 is 0. The van der Waals surface area contributed by atoms with Gasteiger partial charge in [-0.05, 0) is 55.7 Å². The molecule has 2 N–H and O–H groups in total. The zero-order valence-corrected chi connectivity index (χ0v) is 13.4. The maximum absolute atomic E-state index is 12.4. The summed E-state index contributed by atoms with van der Waals surface area (Å²) in [5.74, 6) is 0.755. The first-order chi connectivity index (χ1) is 11.3. The third-order valence-corrected chi connectivity index (χ3v) is 4.96. The summed E-state index contributed by atoms with van der Waals surface area (Å²) in [5, 5.41) is 10.2. The largest absolute Gasteiger partial charge is 0.496 e. The highest BCUT2D eigenvalue weighted by molar-refractivity contribution is 5.94. The maximum atomic E-state index is 12.4. The van der Waals surface area contributed by atoms with Crippen LogP contribution >= 0.6 is 0 Å². The average Bonchev–Trinajstić information content (AvgIpc) is 3.26. The van der Waals surface area contributed by atoms with Gasteiger partial charge in [0.2, 0.25) is 0 Å². The smallest absolute Gasteiger partial charge is 0.272 e. The molecule has 120 valence electrons. The molecule has 0 atom stereocenters. The van der Waals surface area contributed by atoms with Crippen LogP contribution in [0.1, 0.15) is 51.3 Å². The monoisotopic (exact) mass is 311 g/mol. The summed E-state index contributed by atoms with van der Waals surface area (Å²) in [5.41, 5.74) is 6.55. The maximum Gasteiger partial charge on any atom is 0.272 e. The van der Waals surface area contributed by atoms with E-state index in [0.717, 1.165) is 54.7 Å². The quantitative estimate of drug-likeness (QED) is 0.910. The second-order valence-electron chi connectivity index (χ2n) is 6.35. The van der Waals surface area contributed by atoms with Crippen LogP contribution in [0.25, 0.3) is 0 Å². The van der Waals surface area contributed by atoms with Gasteiger partial charge in [0.15, 0.2) is 5.69 Å². The highest BCUT2D eigenvalue weighted by atomic mass is 16.5. The third-order valence-electron chi connectivity index (χ3n) is 4.96. The molecule has 0 unspecified atom stereocenters. The number of hydrogen-bond acceptors (Lipinski definition) is 3. The van der Waals surface area contributed by atoms with Gasteiger partial charge in [0, 0.05) is 23.4 Å². The van der Waals surface area contributed by atoms with E-state index in [2.05, 4.69) is 27.6 Å².